The highest BCUT2D eigenvalue weighted by atomic mass is 19.1. The van der Waals surface area contributed by atoms with Crippen molar-refractivity contribution in [2.45, 2.75) is 12.2 Å². The second-order valence-electron chi connectivity index (χ2n) is 4.02. The average molecular weight is 260 g/mol. The molecule has 0 radical (unpaired) electrons. The summed E-state index contributed by atoms with van der Waals surface area (Å²) in [5.74, 6) is -2.74. The van der Waals surface area contributed by atoms with Crippen molar-refractivity contribution in [2.75, 3.05) is 20.3 Å². The van der Waals surface area contributed by atoms with Crippen LogP contribution in [0.2, 0.25) is 0 Å². The lowest BCUT2D eigenvalue weighted by Crippen LogP contribution is -2.43. The van der Waals surface area contributed by atoms with Crippen molar-refractivity contribution >= 4 is 5.91 Å². The summed E-state index contributed by atoms with van der Waals surface area (Å²) in [5, 5.41) is 0. The molecule has 98 valence electrons. The summed E-state index contributed by atoms with van der Waals surface area (Å²) in [6, 6.07) is -0.213. The number of ether oxygens (including phenoxy) is 1. The summed E-state index contributed by atoms with van der Waals surface area (Å²) < 4.78 is 44.3. The van der Waals surface area contributed by atoms with E-state index in [2.05, 4.69) is 4.98 Å². The van der Waals surface area contributed by atoms with Crippen LogP contribution in [0.4, 0.5) is 13.2 Å². The Balaban J connectivity index is 2.20. The fourth-order valence-corrected chi connectivity index (χ4v) is 1.76. The van der Waals surface area contributed by atoms with Gasteiger partial charge in [0.25, 0.3) is 5.91 Å². The Morgan fingerprint density at radius 1 is 1.50 bits per heavy atom. The van der Waals surface area contributed by atoms with E-state index in [4.69, 9.17) is 4.74 Å². The number of likely N-dealkylation sites (N-methyl/N-ethyl adjacent to an activating group) is 1. The van der Waals surface area contributed by atoms with Crippen LogP contribution in [0.5, 0.6) is 0 Å². The Hall–Kier alpha value is -1.63. The highest BCUT2D eigenvalue weighted by Crippen LogP contribution is 2.18. The SMILES string of the molecule is CN(C(=O)c1ncc(F)cc1F)[C@@H]1COC[C@H]1F. The van der Waals surface area contributed by atoms with Gasteiger partial charge in [-0.2, -0.15) is 0 Å². The maximum absolute atomic E-state index is 13.4. The third-order valence-corrected chi connectivity index (χ3v) is 2.81. The minimum atomic E-state index is -1.32. The van der Waals surface area contributed by atoms with E-state index in [-0.39, 0.29) is 13.2 Å². The number of hydrogen-bond acceptors (Lipinski definition) is 3. The third-order valence-electron chi connectivity index (χ3n) is 2.81. The zero-order valence-corrected chi connectivity index (χ0v) is 9.57. The Morgan fingerprint density at radius 2 is 2.22 bits per heavy atom. The molecule has 0 unspecified atom stereocenters. The van der Waals surface area contributed by atoms with Gasteiger partial charge in [0.2, 0.25) is 0 Å². The van der Waals surface area contributed by atoms with Crippen LogP contribution in [0.3, 0.4) is 0 Å². The summed E-state index contributed by atoms with van der Waals surface area (Å²) in [4.78, 5) is 16.3. The maximum Gasteiger partial charge on any atom is 0.275 e. The number of aromatic nitrogens is 1. The molecule has 7 heteroatoms. The smallest absolute Gasteiger partial charge is 0.275 e. The summed E-state index contributed by atoms with van der Waals surface area (Å²) in [6.07, 6.45) is -0.579. The van der Waals surface area contributed by atoms with E-state index in [9.17, 15) is 18.0 Å². The van der Waals surface area contributed by atoms with Crippen molar-refractivity contribution < 1.29 is 22.7 Å². The van der Waals surface area contributed by atoms with Gasteiger partial charge in [0.05, 0.1) is 25.5 Å². The highest BCUT2D eigenvalue weighted by molar-refractivity contribution is 5.92. The molecule has 2 heterocycles. The van der Waals surface area contributed by atoms with Gasteiger partial charge >= 0.3 is 0 Å². The molecule has 18 heavy (non-hydrogen) atoms. The number of halogens is 3. The first-order valence-corrected chi connectivity index (χ1v) is 5.30. The molecule has 1 saturated heterocycles. The monoisotopic (exact) mass is 260 g/mol. The zero-order valence-electron chi connectivity index (χ0n) is 9.57. The molecule has 0 saturated carbocycles. The van der Waals surface area contributed by atoms with Crippen molar-refractivity contribution in [3.05, 3.63) is 29.6 Å². The van der Waals surface area contributed by atoms with Gasteiger partial charge < -0.3 is 9.64 Å². The van der Waals surface area contributed by atoms with E-state index in [1.807, 2.05) is 0 Å². The molecule has 2 atom stereocenters. The topological polar surface area (TPSA) is 42.4 Å². The summed E-state index contributed by atoms with van der Waals surface area (Å²) in [6.45, 7) is -0.0478. The number of carbonyl (C=O) groups is 1. The number of amides is 1. The van der Waals surface area contributed by atoms with Crippen LogP contribution in [0.25, 0.3) is 0 Å². The molecule has 0 N–H and O–H groups in total. The number of alkyl halides is 1. The van der Waals surface area contributed by atoms with Crippen molar-refractivity contribution in [3.63, 3.8) is 0 Å². The molecular weight excluding hydrogens is 249 g/mol. The molecule has 1 aromatic rings. The van der Waals surface area contributed by atoms with Crippen LogP contribution in [-0.4, -0.2) is 48.3 Å². The largest absolute Gasteiger partial charge is 0.376 e. The van der Waals surface area contributed by atoms with Crippen molar-refractivity contribution in [1.82, 2.24) is 9.88 Å². The van der Waals surface area contributed by atoms with E-state index < -0.39 is 35.4 Å². The molecule has 2 rings (SSSR count). The lowest BCUT2D eigenvalue weighted by atomic mass is 10.2. The molecule has 1 aliphatic rings. The number of pyridine rings is 1. The van der Waals surface area contributed by atoms with E-state index >= 15 is 0 Å². The van der Waals surface area contributed by atoms with Crippen molar-refractivity contribution in [2.24, 2.45) is 0 Å². The molecule has 1 fully saturated rings. The predicted molar refractivity (Wildman–Crippen MR) is 55.7 cm³/mol. The third kappa shape index (κ3) is 2.31. The van der Waals surface area contributed by atoms with E-state index in [1.165, 1.54) is 7.05 Å². The Bertz CT molecular complexity index is 470. The van der Waals surface area contributed by atoms with E-state index in [0.717, 1.165) is 11.1 Å². The number of hydrogen-bond donors (Lipinski definition) is 0. The van der Waals surface area contributed by atoms with Gasteiger partial charge in [-0.3, -0.25) is 4.79 Å². The van der Waals surface area contributed by atoms with Crippen molar-refractivity contribution in [1.29, 1.82) is 0 Å². The van der Waals surface area contributed by atoms with Gasteiger partial charge in [0.15, 0.2) is 11.5 Å². The Kier molecular flexibility index (Phi) is 3.51. The summed E-state index contributed by atoms with van der Waals surface area (Å²) in [7, 11) is 1.33. The van der Waals surface area contributed by atoms with Gasteiger partial charge in [0, 0.05) is 13.1 Å². The molecule has 1 amide bonds. The Morgan fingerprint density at radius 3 is 2.78 bits per heavy atom. The van der Waals surface area contributed by atoms with Gasteiger partial charge in [-0.05, 0) is 0 Å². The molecule has 1 aliphatic heterocycles. The minimum absolute atomic E-state index is 0.0478. The van der Waals surface area contributed by atoms with Crippen LogP contribution < -0.4 is 0 Å². The first-order chi connectivity index (χ1) is 8.50. The first-order valence-electron chi connectivity index (χ1n) is 5.30. The molecule has 0 spiro atoms. The number of nitrogens with zero attached hydrogens (tertiary/aromatic N) is 2. The normalized spacial score (nSPS) is 23.1. The first kappa shape index (κ1) is 12.8. The molecule has 0 bridgehead atoms. The quantitative estimate of drug-likeness (QED) is 0.801. The fourth-order valence-electron chi connectivity index (χ4n) is 1.76. The van der Waals surface area contributed by atoms with E-state index in [0.29, 0.717) is 6.07 Å². The lowest BCUT2D eigenvalue weighted by molar-refractivity contribution is 0.0661. The Labute approximate surface area is 101 Å². The van der Waals surface area contributed by atoms with Crippen LogP contribution >= 0.6 is 0 Å². The van der Waals surface area contributed by atoms with Crippen LogP contribution in [0, 0.1) is 11.6 Å². The minimum Gasteiger partial charge on any atom is -0.376 e. The van der Waals surface area contributed by atoms with Gasteiger partial charge in [-0.25, -0.2) is 18.2 Å². The second kappa shape index (κ2) is 4.93. The molecule has 1 aromatic heterocycles. The second-order valence-corrected chi connectivity index (χ2v) is 4.02. The average Bonchev–Trinajstić information content (AvgIpc) is 2.74. The maximum atomic E-state index is 13.4. The summed E-state index contributed by atoms with van der Waals surface area (Å²) in [5.41, 5.74) is -0.530. The predicted octanol–water partition coefficient (Wildman–Crippen LogP) is 1.17. The summed E-state index contributed by atoms with van der Waals surface area (Å²) >= 11 is 0. The lowest BCUT2D eigenvalue weighted by Gasteiger charge is -2.24. The highest BCUT2D eigenvalue weighted by Gasteiger charge is 2.35. The fraction of sp³-hybridized carbons (Fsp3) is 0.455. The van der Waals surface area contributed by atoms with Crippen molar-refractivity contribution in [3.8, 4) is 0 Å². The zero-order chi connectivity index (χ0) is 13.3. The van der Waals surface area contributed by atoms with Gasteiger partial charge in [-0.1, -0.05) is 0 Å². The molecular formula is C11H11F3N2O2. The molecule has 0 aromatic carbocycles. The standard InChI is InChI=1S/C11H11F3N2O2/c1-16(9-5-18-4-8(9)14)11(17)10-7(13)2-6(12)3-15-10/h2-3,8-9H,4-5H2,1H3/t8-,9-/m1/s1. The van der Waals surface area contributed by atoms with Gasteiger partial charge in [0.1, 0.15) is 12.0 Å². The van der Waals surface area contributed by atoms with Crippen LogP contribution in [0.15, 0.2) is 12.3 Å². The molecule has 0 aliphatic carbocycles. The number of rotatable bonds is 2. The number of carbonyl (C=O) groups excluding carboxylic acids is 1. The van der Waals surface area contributed by atoms with Crippen LogP contribution in [-0.2, 0) is 4.74 Å². The molecule has 4 nitrogen and oxygen atoms in total. The van der Waals surface area contributed by atoms with Gasteiger partial charge in [-0.15, -0.1) is 0 Å². The van der Waals surface area contributed by atoms with Crippen LogP contribution in [0.1, 0.15) is 10.5 Å². The van der Waals surface area contributed by atoms with E-state index in [1.54, 1.807) is 0 Å².